The Hall–Kier alpha value is -3.40. The number of benzene rings is 2. The third-order valence-electron chi connectivity index (χ3n) is 5.28. The van der Waals surface area contributed by atoms with Gasteiger partial charge in [0.05, 0.1) is 24.8 Å². The molecule has 1 amide bonds. The van der Waals surface area contributed by atoms with E-state index in [0.717, 1.165) is 4.68 Å². The van der Waals surface area contributed by atoms with Gasteiger partial charge in [-0.3, -0.25) is 9.48 Å². The van der Waals surface area contributed by atoms with Crippen LogP contribution in [0.4, 0.5) is 17.6 Å². The lowest BCUT2D eigenvalue weighted by molar-refractivity contribution is -0.140. The number of carbonyl (C=O) groups excluding carboxylic acids is 1. The topological polar surface area (TPSA) is 76.4 Å². The standard InChI is InChI=1S/C24H25F4N3O3/c1-5-34-21-17(19-11-31(4)30-22(19)24(26,27)28)9-15(12-32)10-18(21)23(33)29-14(3)16-6-7-20(25)13(2)8-16/h6-11,14,32H,5,12H2,1-4H3,(H,29,33). The zero-order valence-electron chi connectivity index (χ0n) is 19.1. The van der Waals surface area contributed by atoms with Crippen LogP contribution in [-0.4, -0.2) is 27.4 Å². The second-order valence-electron chi connectivity index (χ2n) is 7.88. The number of nitrogens with one attached hydrogen (secondary N) is 1. The molecule has 34 heavy (non-hydrogen) atoms. The van der Waals surface area contributed by atoms with Crippen LogP contribution in [0.25, 0.3) is 11.1 Å². The number of aliphatic hydroxyl groups excluding tert-OH is 1. The summed E-state index contributed by atoms with van der Waals surface area (Å²) < 4.78 is 61.3. The number of carbonyl (C=O) groups is 1. The summed E-state index contributed by atoms with van der Waals surface area (Å²) in [6.07, 6.45) is -3.56. The number of alkyl halides is 3. The molecule has 0 saturated carbocycles. The van der Waals surface area contributed by atoms with Crippen LogP contribution in [-0.2, 0) is 19.8 Å². The number of ether oxygens (including phenoxy) is 1. The molecule has 2 N–H and O–H groups in total. The van der Waals surface area contributed by atoms with Crippen molar-refractivity contribution >= 4 is 5.91 Å². The number of aromatic nitrogens is 2. The molecule has 0 aliphatic rings. The summed E-state index contributed by atoms with van der Waals surface area (Å²) in [6, 6.07) is 6.62. The van der Waals surface area contributed by atoms with E-state index < -0.39 is 30.4 Å². The van der Waals surface area contributed by atoms with Crippen molar-refractivity contribution < 1.29 is 32.2 Å². The summed E-state index contributed by atoms with van der Waals surface area (Å²) in [5.74, 6) is -1.05. The fraction of sp³-hybridized carbons (Fsp3) is 0.333. The number of nitrogens with zero attached hydrogens (tertiary/aromatic N) is 2. The molecular formula is C24H25F4N3O3. The van der Waals surface area contributed by atoms with Gasteiger partial charge in [0.1, 0.15) is 11.6 Å². The number of halogens is 4. The molecule has 1 unspecified atom stereocenters. The van der Waals surface area contributed by atoms with E-state index in [9.17, 15) is 27.5 Å². The fourth-order valence-electron chi connectivity index (χ4n) is 3.64. The lowest BCUT2D eigenvalue weighted by Crippen LogP contribution is -2.27. The van der Waals surface area contributed by atoms with Crippen molar-refractivity contribution in [3.63, 3.8) is 0 Å². The van der Waals surface area contributed by atoms with Crippen LogP contribution in [0.5, 0.6) is 5.75 Å². The number of aryl methyl sites for hydroxylation is 2. The molecule has 1 atom stereocenters. The van der Waals surface area contributed by atoms with Gasteiger partial charge in [-0.25, -0.2) is 4.39 Å². The highest BCUT2D eigenvalue weighted by molar-refractivity contribution is 6.00. The quantitative estimate of drug-likeness (QED) is 0.471. The second-order valence-corrected chi connectivity index (χ2v) is 7.88. The van der Waals surface area contributed by atoms with Gasteiger partial charge in [0, 0.05) is 24.4 Å². The number of amides is 1. The van der Waals surface area contributed by atoms with Crippen LogP contribution in [0.3, 0.4) is 0 Å². The zero-order valence-corrected chi connectivity index (χ0v) is 19.1. The molecule has 0 fully saturated rings. The van der Waals surface area contributed by atoms with Crippen LogP contribution in [0.15, 0.2) is 36.5 Å². The summed E-state index contributed by atoms with van der Waals surface area (Å²) in [5.41, 5.74) is -0.163. The summed E-state index contributed by atoms with van der Waals surface area (Å²) in [7, 11) is 1.36. The first kappa shape index (κ1) is 25.2. The van der Waals surface area contributed by atoms with E-state index in [-0.39, 0.29) is 40.4 Å². The molecule has 0 radical (unpaired) electrons. The second kappa shape index (κ2) is 9.84. The largest absolute Gasteiger partial charge is 0.492 e. The first-order chi connectivity index (χ1) is 16.0. The minimum absolute atomic E-state index is 0.00995. The van der Waals surface area contributed by atoms with Crippen LogP contribution < -0.4 is 10.1 Å². The van der Waals surface area contributed by atoms with Crippen LogP contribution in [0.2, 0.25) is 0 Å². The Balaban J connectivity index is 2.11. The van der Waals surface area contributed by atoms with Crippen molar-refractivity contribution in [3.05, 3.63) is 70.3 Å². The number of hydrogen-bond acceptors (Lipinski definition) is 4. The van der Waals surface area contributed by atoms with Crippen molar-refractivity contribution in [2.75, 3.05) is 6.61 Å². The molecule has 10 heteroatoms. The van der Waals surface area contributed by atoms with Crippen molar-refractivity contribution in [2.45, 2.75) is 39.6 Å². The lowest BCUT2D eigenvalue weighted by Gasteiger charge is -2.20. The molecule has 1 heterocycles. The fourth-order valence-corrected chi connectivity index (χ4v) is 3.64. The maximum absolute atomic E-state index is 13.7. The van der Waals surface area contributed by atoms with Crippen molar-refractivity contribution in [3.8, 4) is 16.9 Å². The maximum Gasteiger partial charge on any atom is 0.435 e. The van der Waals surface area contributed by atoms with Gasteiger partial charge in [0.2, 0.25) is 0 Å². The van der Waals surface area contributed by atoms with E-state index >= 15 is 0 Å². The summed E-state index contributed by atoms with van der Waals surface area (Å²) in [4.78, 5) is 13.2. The predicted molar refractivity (Wildman–Crippen MR) is 118 cm³/mol. The highest BCUT2D eigenvalue weighted by Crippen LogP contribution is 2.42. The van der Waals surface area contributed by atoms with Gasteiger partial charge >= 0.3 is 6.18 Å². The summed E-state index contributed by atoms with van der Waals surface area (Å²) in [5, 5.41) is 16.0. The van der Waals surface area contributed by atoms with Gasteiger partial charge in [-0.1, -0.05) is 12.1 Å². The number of rotatable bonds is 7. The molecule has 0 bridgehead atoms. The van der Waals surface area contributed by atoms with Crippen molar-refractivity contribution in [1.82, 2.24) is 15.1 Å². The van der Waals surface area contributed by atoms with Gasteiger partial charge in [-0.2, -0.15) is 18.3 Å². The molecule has 0 saturated heterocycles. The number of hydrogen-bond donors (Lipinski definition) is 2. The Labute approximate surface area is 194 Å². The highest BCUT2D eigenvalue weighted by atomic mass is 19.4. The molecule has 6 nitrogen and oxygen atoms in total. The van der Waals surface area contributed by atoms with Crippen LogP contribution in [0.1, 0.15) is 52.6 Å². The predicted octanol–water partition coefficient (Wildman–Crippen LogP) is 4.94. The highest BCUT2D eigenvalue weighted by Gasteiger charge is 2.38. The average molecular weight is 479 g/mol. The van der Waals surface area contributed by atoms with Gasteiger partial charge < -0.3 is 15.2 Å². The SMILES string of the molecule is CCOc1c(C(=O)NC(C)c2ccc(F)c(C)c2)cc(CO)cc1-c1cn(C)nc1C(F)(F)F. The van der Waals surface area contributed by atoms with E-state index in [0.29, 0.717) is 11.1 Å². The van der Waals surface area contributed by atoms with Gasteiger partial charge in [-0.05, 0) is 55.7 Å². The Morgan fingerprint density at radius 1 is 1.24 bits per heavy atom. The Morgan fingerprint density at radius 2 is 1.94 bits per heavy atom. The molecule has 3 rings (SSSR count). The van der Waals surface area contributed by atoms with E-state index in [2.05, 4.69) is 10.4 Å². The maximum atomic E-state index is 13.7. The summed E-state index contributed by atoms with van der Waals surface area (Å²) in [6.45, 7) is 4.52. The minimum Gasteiger partial charge on any atom is -0.492 e. The monoisotopic (exact) mass is 479 g/mol. The van der Waals surface area contributed by atoms with Gasteiger partial charge in [0.25, 0.3) is 5.91 Å². The van der Waals surface area contributed by atoms with E-state index in [1.54, 1.807) is 26.8 Å². The molecular weight excluding hydrogens is 454 g/mol. The number of aliphatic hydroxyl groups is 1. The van der Waals surface area contributed by atoms with E-state index in [1.807, 2.05) is 0 Å². The molecule has 0 aliphatic heterocycles. The Kier molecular flexibility index (Phi) is 7.30. The first-order valence-corrected chi connectivity index (χ1v) is 10.5. The van der Waals surface area contributed by atoms with Crippen molar-refractivity contribution in [1.29, 1.82) is 0 Å². The normalized spacial score (nSPS) is 12.5. The average Bonchev–Trinajstić information content (AvgIpc) is 3.17. The molecule has 182 valence electrons. The first-order valence-electron chi connectivity index (χ1n) is 10.5. The van der Waals surface area contributed by atoms with Crippen LogP contribution in [0, 0.1) is 12.7 Å². The third-order valence-corrected chi connectivity index (χ3v) is 5.28. The van der Waals surface area contributed by atoms with Crippen LogP contribution >= 0.6 is 0 Å². The minimum atomic E-state index is -4.74. The van der Waals surface area contributed by atoms with E-state index in [1.165, 1.54) is 37.5 Å². The molecule has 2 aromatic carbocycles. The zero-order chi connectivity index (χ0) is 25.2. The third kappa shape index (κ3) is 5.22. The van der Waals surface area contributed by atoms with Gasteiger partial charge in [-0.15, -0.1) is 0 Å². The van der Waals surface area contributed by atoms with Crippen molar-refractivity contribution in [2.24, 2.45) is 7.05 Å². The molecule has 1 aromatic heterocycles. The lowest BCUT2D eigenvalue weighted by atomic mass is 9.97. The Bertz CT molecular complexity index is 1200. The van der Waals surface area contributed by atoms with Gasteiger partial charge in [0.15, 0.2) is 5.69 Å². The Morgan fingerprint density at radius 3 is 2.53 bits per heavy atom. The molecule has 0 aliphatic carbocycles. The molecule has 3 aromatic rings. The molecule has 0 spiro atoms. The van der Waals surface area contributed by atoms with E-state index in [4.69, 9.17) is 4.74 Å². The smallest absolute Gasteiger partial charge is 0.435 e. The summed E-state index contributed by atoms with van der Waals surface area (Å²) >= 11 is 0.